The number of aliphatic hydroxyl groups is 1. The highest BCUT2D eigenvalue weighted by atomic mass is 35.5. The number of benzene rings is 2. The highest BCUT2D eigenvalue weighted by Gasteiger charge is 2.71. The average molecular weight is 444 g/mol. The van der Waals surface area contributed by atoms with Gasteiger partial charge in [0.25, 0.3) is 0 Å². The van der Waals surface area contributed by atoms with Gasteiger partial charge in [-0.3, -0.25) is 24.6 Å². The number of carbonyl (C=O) groups is 3. The molecule has 3 aliphatic heterocycles. The van der Waals surface area contributed by atoms with E-state index in [1.54, 1.807) is 18.2 Å². The van der Waals surface area contributed by atoms with Crippen LogP contribution in [0.4, 0.5) is 10.1 Å². The summed E-state index contributed by atoms with van der Waals surface area (Å²) in [5, 5.41) is 16.6. The normalized spacial score (nSPS) is 30.0. The molecule has 0 unspecified atom stereocenters. The predicted molar refractivity (Wildman–Crippen MR) is 109 cm³/mol. The first-order chi connectivity index (χ1) is 14.8. The van der Waals surface area contributed by atoms with Crippen molar-refractivity contribution in [1.82, 2.24) is 10.2 Å². The van der Waals surface area contributed by atoms with Gasteiger partial charge in [-0.2, -0.15) is 0 Å². The number of aliphatic hydroxyl groups excluding tert-OH is 1. The van der Waals surface area contributed by atoms with E-state index in [1.165, 1.54) is 31.2 Å². The number of hydrogen-bond acceptors (Lipinski definition) is 5. The number of amides is 3. The Morgan fingerprint density at radius 1 is 1.16 bits per heavy atom. The molecule has 2 aromatic carbocycles. The summed E-state index contributed by atoms with van der Waals surface area (Å²) in [5.74, 6) is -3.87. The lowest BCUT2D eigenvalue weighted by molar-refractivity contribution is -0.143. The largest absolute Gasteiger partial charge is 0.392 e. The molecule has 2 fully saturated rings. The van der Waals surface area contributed by atoms with Crippen molar-refractivity contribution in [1.29, 1.82) is 0 Å². The number of likely N-dealkylation sites (tertiary alicyclic amines) is 1. The van der Waals surface area contributed by atoms with Gasteiger partial charge in [-0.25, -0.2) is 4.39 Å². The minimum Gasteiger partial charge on any atom is -0.392 e. The number of nitrogens with one attached hydrogen (secondary N) is 2. The van der Waals surface area contributed by atoms with Gasteiger partial charge in [0.15, 0.2) is 0 Å². The van der Waals surface area contributed by atoms with Crippen LogP contribution in [0.5, 0.6) is 0 Å². The first-order valence-electron chi connectivity index (χ1n) is 9.91. The molecule has 160 valence electrons. The third-order valence-corrected chi connectivity index (χ3v) is 6.81. The van der Waals surface area contributed by atoms with Crippen molar-refractivity contribution in [3.8, 4) is 0 Å². The number of carbonyl (C=O) groups excluding carboxylic acids is 3. The fourth-order valence-electron chi connectivity index (χ4n) is 5.13. The van der Waals surface area contributed by atoms with Crippen molar-refractivity contribution in [2.75, 3.05) is 5.32 Å². The summed E-state index contributed by atoms with van der Waals surface area (Å²) in [7, 11) is 0. The van der Waals surface area contributed by atoms with Gasteiger partial charge in [-0.05, 0) is 30.7 Å². The summed E-state index contributed by atoms with van der Waals surface area (Å²) in [4.78, 5) is 41.2. The third-order valence-electron chi connectivity index (χ3n) is 6.50. The Kier molecular flexibility index (Phi) is 4.44. The van der Waals surface area contributed by atoms with Crippen molar-refractivity contribution in [2.24, 2.45) is 11.8 Å². The first kappa shape index (κ1) is 20.1. The Balaban J connectivity index is 1.61. The molecular weight excluding hydrogens is 425 g/mol. The van der Waals surface area contributed by atoms with Crippen LogP contribution in [0.3, 0.4) is 0 Å². The van der Waals surface area contributed by atoms with E-state index in [0.717, 1.165) is 4.90 Å². The van der Waals surface area contributed by atoms with Gasteiger partial charge >= 0.3 is 0 Å². The van der Waals surface area contributed by atoms with Crippen LogP contribution in [0.2, 0.25) is 5.02 Å². The number of imide groups is 1. The number of nitrogens with zero attached hydrogens (tertiary/aromatic N) is 1. The minimum atomic E-state index is -1.52. The molecule has 9 heteroatoms. The molecule has 3 N–H and O–H groups in total. The second kappa shape index (κ2) is 6.85. The molecule has 3 heterocycles. The average Bonchev–Trinajstić information content (AvgIpc) is 3.32. The van der Waals surface area contributed by atoms with E-state index in [9.17, 15) is 23.9 Å². The standard InChI is InChI=1S/C22H19ClFN3O4/c1-10(28)17-15-16(20(30)27(19(15)29)9-11-5-7-12(24)8-6-11)22(26-17)13-3-2-4-14(23)18(13)25-21(22)31/h2-8,10,15-17,26,28H,9H2,1H3,(H,25,31)/t10-,15-,16-,17-,22-/m0/s1. The molecule has 7 nitrogen and oxygen atoms in total. The van der Waals surface area contributed by atoms with E-state index in [-0.39, 0.29) is 6.54 Å². The lowest BCUT2D eigenvalue weighted by atomic mass is 9.76. The van der Waals surface area contributed by atoms with Crippen molar-refractivity contribution in [3.63, 3.8) is 0 Å². The molecule has 5 atom stereocenters. The van der Waals surface area contributed by atoms with Crippen LogP contribution in [-0.2, 0) is 26.5 Å². The molecule has 2 aromatic rings. The SMILES string of the molecule is C[C@H](O)[C@@H]1N[C@]2(C(=O)Nc3c(Cl)cccc32)[C@@H]2C(=O)N(Cc3ccc(F)cc3)C(=O)[C@H]12. The smallest absolute Gasteiger partial charge is 0.250 e. The third kappa shape index (κ3) is 2.68. The van der Waals surface area contributed by atoms with E-state index in [4.69, 9.17) is 11.6 Å². The van der Waals surface area contributed by atoms with Crippen LogP contribution in [0.25, 0.3) is 0 Å². The number of hydrogen-bond donors (Lipinski definition) is 3. The molecule has 0 aliphatic carbocycles. The first-order valence-corrected chi connectivity index (χ1v) is 10.3. The fourth-order valence-corrected chi connectivity index (χ4v) is 5.35. The molecule has 3 aliphatic rings. The Hall–Kier alpha value is -2.81. The molecule has 1 spiro atoms. The van der Waals surface area contributed by atoms with Gasteiger partial charge in [0, 0.05) is 11.6 Å². The quantitative estimate of drug-likeness (QED) is 0.628. The van der Waals surface area contributed by atoms with Crippen molar-refractivity contribution < 1.29 is 23.9 Å². The molecular formula is C22H19ClFN3O4. The molecule has 0 saturated carbocycles. The summed E-state index contributed by atoms with van der Waals surface area (Å²) in [5.41, 5.74) is -0.0635. The summed E-state index contributed by atoms with van der Waals surface area (Å²) >= 11 is 6.27. The van der Waals surface area contributed by atoms with E-state index in [1.807, 2.05) is 0 Å². The van der Waals surface area contributed by atoms with E-state index in [2.05, 4.69) is 10.6 Å². The number of rotatable bonds is 3. The van der Waals surface area contributed by atoms with Gasteiger partial charge in [-0.15, -0.1) is 0 Å². The van der Waals surface area contributed by atoms with Gasteiger partial charge in [-0.1, -0.05) is 35.9 Å². The molecule has 2 saturated heterocycles. The van der Waals surface area contributed by atoms with Crippen LogP contribution >= 0.6 is 11.6 Å². The molecule has 0 aromatic heterocycles. The van der Waals surface area contributed by atoms with Gasteiger partial charge in [0.2, 0.25) is 17.7 Å². The van der Waals surface area contributed by atoms with E-state index >= 15 is 0 Å². The molecule has 31 heavy (non-hydrogen) atoms. The number of para-hydroxylation sites is 1. The molecule has 3 amide bonds. The summed E-state index contributed by atoms with van der Waals surface area (Å²) in [6.45, 7) is 1.47. The van der Waals surface area contributed by atoms with Crippen LogP contribution < -0.4 is 10.6 Å². The molecule has 0 radical (unpaired) electrons. The number of halogens is 2. The topological polar surface area (TPSA) is 98.7 Å². The zero-order valence-corrected chi connectivity index (χ0v) is 17.2. The van der Waals surface area contributed by atoms with Gasteiger partial charge in [0.05, 0.1) is 35.2 Å². The summed E-state index contributed by atoms with van der Waals surface area (Å²) in [6, 6.07) is 9.69. The second-order valence-electron chi connectivity index (χ2n) is 8.23. The number of fused-ring (bicyclic) bond motifs is 4. The zero-order chi connectivity index (χ0) is 22.1. The predicted octanol–water partition coefficient (Wildman–Crippen LogP) is 1.78. The van der Waals surface area contributed by atoms with Crippen molar-refractivity contribution in [3.05, 3.63) is 64.4 Å². The Labute approximate surface area is 182 Å². The molecule has 0 bridgehead atoms. The second-order valence-corrected chi connectivity index (χ2v) is 8.63. The lowest BCUT2D eigenvalue weighted by Crippen LogP contribution is -2.54. The van der Waals surface area contributed by atoms with Crippen LogP contribution in [0, 0.1) is 17.7 Å². The molecule has 5 rings (SSSR count). The van der Waals surface area contributed by atoms with Crippen LogP contribution in [0.1, 0.15) is 18.1 Å². The van der Waals surface area contributed by atoms with E-state index in [0.29, 0.717) is 21.8 Å². The minimum absolute atomic E-state index is 0.0441. The summed E-state index contributed by atoms with van der Waals surface area (Å²) in [6.07, 6.45) is -0.995. The maximum absolute atomic E-state index is 13.5. The van der Waals surface area contributed by atoms with Gasteiger partial charge < -0.3 is 10.4 Å². The maximum Gasteiger partial charge on any atom is 0.250 e. The van der Waals surface area contributed by atoms with E-state index < -0.39 is 53.1 Å². The van der Waals surface area contributed by atoms with Gasteiger partial charge in [0.1, 0.15) is 11.4 Å². The lowest BCUT2D eigenvalue weighted by Gasteiger charge is -2.30. The Bertz CT molecular complexity index is 1120. The maximum atomic E-state index is 13.5. The highest BCUT2D eigenvalue weighted by molar-refractivity contribution is 6.35. The van der Waals surface area contributed by atoms with Crippen LogP contribution in [0.15, 0.2) is 42.5 Å². The van der Waals surface area contributed by atoms with Crippen molar-refractivity contribution >= 4 is 35.0 Å². The Morgan fingerprint density at radius 3 is 2.55 bits per heavy atom. The zero-order valence-electron chi connectivity index (χ0n) is 16.4. The Morgan fingerprint density at radius 2 is 1.87 bits per heavy atom. The monoisotopic (exact) mass is 443 g/mol. The summed E-state index contributed by atoms with van der Waals surface area (Å²) < 4.78 is 13.3. The fraction of sp³-hybridized carbons (Fsp3) is 0.318. The number of anilines is 1. The van der Waals surface area contributed by atoms with Crippen LogP contribution in [-0.4, -0.2) is 39.9 Å². The van der Waals surface area contributed by atoms with Crippen molar-refractivity contribution in [2.45, 2.75) is 31.2 Å². The highest BCUT2D eigenvalue weighted by Crippen LogP contribution is 2.54.